The molecule has 0 aliphatic heterocycles. The third kappa shape index (κ3) is 3.25. The van der Waals surface area contributed by atoms with Gasteiger partial charge < -0.3 is 24.8 Å². The number of hydrogen-bond donors (Lipinski definition) is 2. The maximum atomic E-state index is 13.0. The van der Waals surface area contributed by atoms with Crippen molar-refractivity contribution in [3.63, 3.8) is 0 Å². The Bertz CT molecular complexity index is 1500. The molecule has 0 spiro atoms. The van der Waals surface area contributed by atoms with Gasteiger partial charge in [0, 0.05) is 18.8 Å². The maximum absolute atomic E-state index is 13.0. The second kappa shape index (κ2) is 7.83. The number of hydrogen-bond acceptors (Lipinski definition) is 6. The van der Waals surface area contributed by atoms with Crippen LogP contribution in [0, 0.1) is 3.57 Å². The molecule has 2 aromatic carbocycles. The van der Waals surface area contributed by atoms with Crippen LogP contribution in [0.25, 0.3) is 33.1 Å². The van der Waals surface area contributed by atoms with Crippen LogP contribution in [0.1, 0.15) is 10.6 Å². The highest BCUT2D eigenvalue weighted by molar-refractivity contribution is 14.1. The van der Waals surface area contributed by atoms with E-state index < -0.39 is 0 Å². The number of carbonyl (C=O) groups is 1. The summed E-state index contributed by atoms with van der Waals surface area (Å²) in [5, 5.41) is 3.65. The fraction of sp³-hybridized carbons (Fsp3) is 0.0870. The summed E-state index contributed by atoms with van der Waals surface area (Å²) in [5.74, 6) is 0.876. The summed E-state index contributed by atoms with van der Waals surface area (Å²) in [7, 11) is 3.37. The number of benzene rings is 2. The number of amides is 1. The number of nitrogens with one attached hydrogen (secondary N) is 1. The Morgan fingerprint density at radius 1 is 1.25 bits per heavy atom. The summed E-state index contributed by atoms with van der Waals surface area (Å²) in [5.41, 5.74) is 10.6. The molecule has 0 saturated heterocycles. The zero-order valence-electron chi connectivity index (χ0n) is 17.2. The van der Waals surface area contributed by atoms with Gasteiger partial charge in [-0.1, -0.05) is 18.2 Å². The number of aryl methyl sites for hydroxylation is 1. The van der Waals surface area contributed by atoms with E-state index in [-0.39, 0.29) is 5.91 Å². The number of aromatic nitrogens is 3. The van der Waals surface area contributed by atoms with Crippen LogP contribution in [0.4, 0.5) is 11.5 Å². The second-order valence-electron chi connectivity index (χ2n) is 7.20. The van der Waals surface area contributed by atoms with Crippen molar-refractivity contribution in [3.05, 3.63) is 64.3 Å². The van der Waals surface area contributed by atoms with Crippen LogP contribution < -0.4 is 15.8 Å². The first-order valence-corrected chi connectivity index (χ1v) is 10.8. The Morgan fingerprint density at radius 3 is 2.84 bits per heavy atom. The van der Waals surface area contributed by atoms with Crippen LogP contribution in [0.15, 0.2) is 59.3 Å². The molecule has 3 aromatic heterocycles. The van der Waals surface area contributed by atoms with E-state index in [1.54, 1.807) is 30.2 Å². The van der Waals surface area contributed by atoms with Gasteiger partial charge in [-0.3, -0.25) is 4.79 Å². The van der Waals surface area contributed by atoms with Crippen LogP contribution in [0.2, 0.25) is 0 Å². The van der Waals surface area contributed by atoms with Crippen molar-refractivity contribution in [2.24, 2.45) is 7.05 Å². The Balaban J connectivity index is 1.51. The molecule has 0 atom stereocenters. The molecule has 3 heterocycles. The van der Waals surface area contributed by atoms with Gasteiger partial charge in [-0.15, -0.1) is 0 Å². The van der Waals surface area contributed by atoms with E-state index in [4.69, 9.17) is 14.9 Å². The van der Waals surface area contributed by atoms with Crippen molar-refractivity contribution in [3.8, 4) is 16.9 Å². The molecule has 0 aliphatic rings. The van der Waals surface area contributed by atoms with E-state index in [0.717, 1.165) is 31.1 Å². The summed E-state index contributed by atoms with van der Waals surface area (Å²) in [4.78, 5) is 21.6. The number of anilines is 2. The van der Waals surface area contributed by atoms with Crippen molar-refractivity contribution in [2.45, 2.75) is 0 Å². The SMILES string of the molecule is COc1cc(-c2coc3c(I)cnc(N)c23)ccc1NC(=O)c1nc2ccccc2n1C. The molecule has 0 bridgehead atoms. The summed E-state index contributed by atoms with van der Waals surface area (Å²) < 4.78 is 13.9. The highest BCUT2D eigenvalue weighted by Crippen LogP contribution is 2.38. The first kappa shape index (κ1) is 20.3. The predicted octanol–water partition coefficient (Wildman–Crippen LogP) is 4.83. The number of nitrogens with two attached hydrogens (primary N) is 1. The number of pyridine rings is 1. The summed E-state index contributed by atoms with van der Waals surface area (Å²) in [6, 6.07) is 13.1. The van der Waals surface area contributed by atoms with Crippen LogP contribution in [-0.2, 0) is 7.05 Å². The lowest BCUT2D eigenvalue weighted by Crippen LogP contribution is -2.17. The number of halogens is 1. The normalized spacial score (nSPS) is 11.2. The Hall–Kier alpha value is -3.60. The smallest absolute Gasteiger partial charge is 0.291 e. The number of para-hydroxylation sites is 2. The summed E-state index contributed by atoms with van der Waals surface area (Å²) in [6.45, 7) is 0. The van der Waals surface area contributed by atoms with Gasteiger partial charge in [0.05, 0.1) is 39.1 Å². The third-order valence-electron chi connectivity index (χ3n) is 5.33. The van der Waals surface area contributed by atoms with Crippen molar-refractivity contribution < 1.29 is 13.9 Å². The molecule has 8 nitrogen and oxygen atoms in total. The van der Waals surface area contributed by atoms with E-state index in [1.807, 2.05) is 43.4 Å². The molecule has 5 rings (SSSR count). The largest absolute Gasteiger partial charge is 0.495 e. The minimum Gasteiger partial charge on any atom is -0.495 e. The standard InChI is InChI=1S/C23H18IN5O3/c1-29-17-6-4-3-5-15(17)27-22(29)23(30)28-16-8-7-12(9-18(16)31-2)13-11-32-20-14(24)10-26-21(25)19(13)20/h3-11H,1-2H3,(H2,25,26)(H,28,30). The Kier molecular flexibility index (Phi) is 4.97. The van der Waals surface area contributed by atoms with Crippen LogP contribution in [-0.4, -0.2) is 27.6 Å². The van der Waals surface area contributed by atoms with Gasteiger partial charge >= 0.3 is 0 Å². The maximum Gasteiger partial charge on any atom is 0.291 e. The first-order chi connectivity index (χ1) is 15.5. The molecule has 9 heteroatoms. The lowest BCUT2D eigenvalue weighted by molar-refractivity contribution is 0.101. The number of furan rings is 1. The average Bonchev–Trinajstić information content (AvgIpc) is 3.40. The minimum atomic E-state index is -0.327. The zero-order chi connectivity index (χ0) is 22.4. The van der Waals surface area contributed by atoms with Gasteiger partial charge in [-0.05, 0) is 52.4 Å². The van der Waals surface area contributed by atoms with E-state index in [1.165, 1.54) is 0 Å². The minimum absolute atomic E-state index is 0.312. The second-order valence-corrected chi connectivity index (χ2v) is 8.36. The number of nitrogens with zero attached hydrogens (tertiary/aromatic N) is 3. The van der Waals surface area contributed by atoms with E-state index in [2.05, 4.69) is 37.9 Å². The lowest BCUT2D eigenvalue weighted by Gasteiger charge is -2.12. The van der Waals surface area contributed by atoms with Gasteiger partial charge in [0.1, 0.15) is 11.6 Å². The monoisotopic (exact) mass is 539 g/mol. The fourth-order valence-electron chi connectivity index (χ4n) is 3.74. The van der Waals surface area contributed by atoms with Crippen LogP contribution in [0.5, 0.6) is 5.75 Å². The highest BCUT2D eigenvalue weighted by atomic mass is 127. The molecule has 1 amide bonds. The van der Waals surface area contributed by atoms with Gasteiger partial charge in [0.2, 0.25) is 0 Å². The molecule has 0 aliphatic carbocycles. The molecule has 0 radical (unpaired) electrons. The molecule has 0 saturated carbocycles. The van der Waals surface area contributed by atoms with Gasteiger partial charge in [-0.2, -0.15) is 0 Å². The number of carbonyl (C=O) groups excluding carboxylic acids is 1. The topological polar surface area (TPSA) is 108 Å². The number of rotatable bonds is 4. The number of nitrogen functional groups attached to an aromatic ring is 1. The van der Waals surface area contributed by atoms with Gasteiger partial charge in [-0.25, -0.2) is 9.97 Å². The summed E-state index contributed by atoms with van der Waals surface area (Å²) >= 11 is 2.16. The van der Waals surface area contributed by atoms with E-state index in [0.29, 0.717) is 28.7 Å². The van der Waals surface area contributed by atoms with Crippen LogP contribution in [0.3, 0.4) is 0 Å². The lowest BCUT2D eigenvalue weighted by atomic mass is 10.0. The molecular formula is C23H18IN5O3. The van der Waals surface area contributed by atoms with Crippen LogP contribution >= 0.6 is 22.6 Å². The molecule has 160 valence electrons. The van der Waals surface area contributed by atoms with Crippen molar-refractivity contribution >= 4 is 62.0 Å². The number of fused-ring (bicyclic) bond motifs is 2. The number of methoxy groups -OCH3 is 1. The fourth-order valence-corrected chi connectivity index (χ4v) is 4.27. The van der Waals surface area contributed by atoms with Gasteiger partial charge in [0.25, 0.3) is 5.91 Å². The average molecular weight is 539 g/mol. The van der Waals surface area contributed by atoms with Crippen molar-refractivity contribution in [1.29, 1.82) is 0 Å². The third-order valence-corrected chi connectivity index (χ3v) is 6.10. The van der Waals surface area contributed by atoms with Gasteiger partial charge in [0.15, 0.2) is 11.4 Å². The van der Waals surface area contributed by atoms with Crippen molar-refractivity contribution in [2.75, 3.05) is 18.2 Å². The number of ether oxygens (including phenoxy) is 1. The first-order valence-electron chi connectivity index (χ1n) is 9.70. The molecule has 32 heavy (non-hydrogen) atoms. The molecule has 3 N–H and O–H groups in total. The predicted molar refractivity (Wildman–Crippen MR) is 132 cm³/mol. The quantitative estimate of drug-likeness (QED) is 0.317. The zero-order valence-corrected chi connectivity index (χ0v) is 19.4. The van der Waals surface area contributed by atoms with E-state index in [9.17, 15) is 4.79 Å². The summed E-state index contributed by atoms with van der Waals surface area (Å²) in [6.07, 6.45) is 3.32. The molecule has 0 fully saturated rings. The van der Waals surface area contributed by atoms with E-state index >= 15 is 0 Å². The molecule has 5 aromatic rings. The highest BCUT2D eigenvalue weighted by Gasteiger charge is 2.19. The number of imidazole rings is 1. The molecule has 0 unspecified atom stereocenters. The molecular weight excluding hydrogens is 521 g/mol. The Labute approximate surface area is 196 Å². The Morgan fingerprint density at radius 2 is 2.06 bits per heavy atom. The van der Waals surface area contributed by atoms with Crippen molar-refractivity contribution in [1.82, 2.24) is 14.5 Å².